The van der Waals surface area contributed by atoms with E-state index in [1.54, 1.807) is 12.4 Å². The molecule has 6 heteroatoms. The maximum Gasteiger partial charge on any atom is 0.241 e. The number of pyridine rings is 1. The molecule has 0 bridgehead atoms. The molecule has 3 rings (SSSR count). The number of carbonyl (C=O) groups excluding carboxylic acids is 1. The van der Waals surface area contributed by atoms with Crippen LogP contribution in [0.1, 0.15) is 12.0 Å². The van der Waals surface area contributed by atoms with Gasteiger partial charge in [0.25, 0.3) is 0 Å². The van der Waals surface area contributed by atoms with Crippen molar-refractivity contribution >= 4 is 23.0 Å². The number of nitrogens with zero attached hydrogens (tertiary/aromatic N) is 3. The predicted molar refractivity (Wildman–Crippen MR) is 89.4 cm³/mol. The summed E-state index contributed by atoms with van der Waals surface area (Å²) in [5, 5.41) is 5.07. The van der Waals surface area contributed by atoms with E-state index in [0.29, 0.717) is 6.42 Å². The maximum absolute atomic E-state index is 11.8. The number of morpholine rings is 1. The van der Waals surface area contributed by atoms with Gasteiger partial charge in [0.1, 0.15) is 0 Å². The Morgan fingerprint density at radius 3 is 3.09 bits per heavy atom. The SMILES string of the molecule is O=C(CCN1CCOCC1)N/N=C\c1ccc2ncccc2c1. The van der Waals surface area contributed by atoms with Crippen LogP contribution in [-0.4, -0.2) is 54.9 Å². The second-order valence-corrected chi connectivity index (χ2v) is 5.45. The Morgan fingerprint density at radius 2 is 2.22 bits per heavy atom. The molecule has 0 saturated carbocycles. The first-order valence-corrected chi connectivity index (χ1v) is 7.78. The average molecular weight is 312 g/mol. The topological polar surface area (TPSA) is 66.8 Å². The molecule has 2 heterocycles. The first-order chi connectivity index (χ1) is 11.3. The summed E-state index contributed by atoms with van der Waals surface area (Å²) in [6, 6.07) is 9.76. The molecule has 1 aromatic heterocycles. The van der Waals surface area contributed by atoms with Crippen molar-refractivity contribution < 1.29 is 9.53 Å². The van der Waals surface area contributed by atoms with Crippen LogP contribution in [0.3, 0.4) is 0 Å². The number of nitrogens with one attached hydrogen (secondary N) is 1. The van der Waals surface area contributed by atoms with Gasteiger partial charge in [0.05, 0.1) is 24.9 Å². The molecule has 1 fully saturated rings. The zero-order chi connectivity index (χ0) is 15.9. The van der Waals surface area contributed by atoms with Gasteiger partial charge in [0.15, 0.2) is 0 Å². The highest BCUT2D eigenvalue weighted by Gasteiger charge is 2.11. The summed E-state index contributed by atoms with van der Waals surface area (Å²) in [5.41, 5.74) is 4.45. The summed E-state index contributed by atoms with van der Waals surface area (Å²) in [4.78, 5) is 18.3. The number of hydrogen-bond acceptors (Lipinski definition) is 5. The Labute approximate surface area is 135 Å². The minimum Gasteiger partial charge on any atom is -0.379 e. The Bertz CT molecular complexity index is 696. The van der Waals surface area contributed by atoms with Crippen molar-refractivity contribution in [1.29, 1.82) is 0 Å². The molecular weight excluding hydrogens is 292 g/mol. The molecule has 120 valence electrons. The molecule has 1 N–H and O–H groups in total. The van der Waals surface area contributed by atoms with Crippen LogP contribution in [0.25, 0.3) is 10.9 Å². The lowest BCUT2D eigenvalue weighted by Crippen LogP contribution is -2.38. The normalized spacial score (nSPS) is 16.0. The van der Waals surface area contributed by atoms with Gasteiger partial charge in [0, 0.05) is 37.6 Å². The molecule has 1 saturated heterocycles. The third-order valence-corrected chi connectivity index (χ3v) is 3.79. The number of amides is 1. The smallest absolute Gasteiger partial charge is 0.241 e. The minimum atomic E-state index is -0.0739. The second kappa shape index (κ2) is 7.80. The summed E-state index contributed by atoms with van der Waals surface area (Å²) < 4.78 is 5.28. The van der Waals surface area contributed by atoms with Gasteiger partial charge in [-0.25, -0.2) is 5.43 Å². The number of fused-ring (bicyclic) bond motifs is 1. The van der Waals surface area contributed by atoms with E-state index in [-0.39, 0.29) is 5.91 Å². The Morgan fingerprint density at radius 1 is 1.35 bits per heavy atom. The van der Waals surface area contributed by atoms with Crippen LogP contribution in [0.2, 0.25) is 0 Å². The largest absolute Gasteiger partial charge is 0.379 e. The Balaban J connectivity index is 1.48. The summed E-state index contributed by atoms with van der Waals surface area (Å²) in [7, 11) is 0. The third-order valence-electron chi connectivity index (χ3n) is 3.79. The lowest BCUT2D eigenvalue weighted by molar-refractivity contribution is -0.121. The first-order valence-electron chi connectivity index (χ1n) is 7.78. The van der Waals surface area contributed by atoms with E-state index in [4.69, 9.17) is 4.74 Å². The minimum absolute atomic E-state index is 0.0739. The molecule has 23 heavy (non-hydrogen) atoms. The van der Waals surface area contributed by atoms with E-state index in [1.807, 2.05) is 30.3 Å². The molecule has 0 radical (unpaired) electrons. The number of aromatic nitrogens is 1. The van der Waals surface area contributed by atoms with Crippen LogP contribution >= 0.6 is 0 Å². The fraction of sp³-hybridized carbons (Fsp3) is 0.353. The van der Waals surface area contributed by atoms with Crippen molar-refractivity contribution in [1.82, 2.24) is 15.3 Å². The van der Waals surface area contributed by atoms with E-state index in [2.05, 4.69) is 20.4 Å². The highest BCUT2D eigenvalue weighted by Crippen LogP contribution is 2.11. The van der Waals surface area contributed by atoms with Crippen LogP contribution in [0.4, 0.5) is 0 Å². The third kappa shape index (κ3) is 4.58. The highest BCUT2D eigenvalue weighted by molar-refractivity contribution is 5.89. The molecule has 1 aromatic carbocycles. The van der Waals surface area contributed by atoms with Crippen LogP contribution in [0.15, 0.2) is 41.6 Å². The number of rotatable bonds is 5. The van der Waals surface area contributed by atoms with Gasteiger partial charge in [-0.2, -0.15) is 5.10 Å². The van der Waals surface area contributed by atoms with Crippen molar-refractivity contribution in [3.63, 3.8) is 0 Å². The summed E-state index contributed by atoms with van der Waals surface area (Å²) in [5.74, 6) is -0.0739. The van der Waals surface area contributed by atoms with E-state index < -0.39 is 0 Å². The average Bonchev–Trinajstić information content (AvgIpc) is 2.61. The van der Waals surface area contributed by atoms with Crippen LogP contribution in [0, 0.1) is 0 Å². The number of ether oxygens (including phenoxy) is 1. The fourth-order valence-corrected chi connectivity index (χ4v) is 2.49. The number of benzene rings is 1. The van der Waals surface area contributed by atoms with Crippen LogP contribution in [0.5, 0.6) is 0 Å². The first kappa shape index (κ1) is 15.6. The van der Waals surface area contributed by atoms with Crippen molar-refractivity contribution in [2.45, 2.75) is 6.42 Å². The van der Waals surface area contributed by atoms with Gasteiger partial charge in [-0.15, -0.1) is 0 Å². The number of carbonyl (C=O) groups is 1. The number of hydrogen-bond donors (Lipinski definition) is 1. The van der Waals surface area contributed by atoms with Crippen LogP contribution < -0.4 is 5.43 Å². The predicted octanol–water partition coefficient (Wildman–Crippen LogP) is 1.41. The standard InChI is InChI=1S/C17H20N4O2/c22-17(5-7-21-8-10-23-11-9-21)20-19-13-14-3-4-16-15(12-14)2-1-6-18-16/h1-4,6,12-13H,5,7-11H2,(H,20,22)/b19-13-. The molecule has 0 unspecified atom stereocenters. The van der Waals surface area contributed by atoms with Gasteiger partial charge in [0.2, 0.25) is 5.91 Å². The highest BCUT2D eigenvalue weighted by atomic mass is 16.5. The molecule has 1 amide bonds. The fourth-order valence-electron chi connectivity index (χ4n) is 2.49. The van der Waals surface area contributed by atoms with Crippen molar-refractivity contribution in [3.05, 3.63) is 42.1 Å². The van der Waals surface area contributed by atoms with Gasteiger partial charge >= 0.3 is 0 Å². The van der Waals surface area contributed by atoms with Gasteiger partial charge in [-0.05, 0) is 23.8 Å². The molecule has 2 aromatic rings. The molecular formula is C17H20N4O2. The Kier molecular flexibility index (Phi) is 5.29. The lowest BCUT2D eigenvalue weighted by Gasteiger charge is -2.25. The van der Waals surface area contributed by atoms with Gasteiger partial charge < -0.3 is 4.74 Å². The molecule has 6 nitrogen and oxygen atoms in total. The zero-order valence-corrected chi connectivity index (χ0v) is 12.9. The van der Waals surface area contributed by atoms with E-state index in [1.165, 1.54) is 0 Å². The van der Waals surface area contributed by atoms with E-state index >= 15 is 0 Å². The van der Waals surface area contributed by atoms with Gasteiger partial charge in [-0.1, -0.05) is 12.1 Å². The number of hydrazone groups is 1. The van der Waals surface area contributed by atoms with Crippen LogP contribution in [-0.2, 0) is 9.53 Å². The van der Waals surface area contributed by atoms with Gasteiger partial charge in [-0.3, -0.25) is 14.7 Å². The van der Waals surface area contributed by atoms with Crippen molar-refractivity contribution in [2.24, 2.45) is 5.10 Å². The molecule has 0 spiro atoms. The molecule has 1 aliphatic rings. The van der Waals surface area contributed by atoms with E-state index in [9.17, 15) is 4.79 Å². The molecule has 0 atom stereocenters. The summed E-state index contributed by atoms with van der Waals surface area (Å²) >= 11 is 0. The van der Waals surface area contributed by atoms with E-state index in [0.717, 1.165) is 49.3 Å². The monoisotopic (exact) mass is 312 g/mol. The second-order valence-electron chi connectivity index (χ2n) is 5.45. The summed E-state index contributed by atoms with van der Waals surface area (Å²) in [6.07, 6.45) is 3.86. The quantitative estimate of drug-likeness (QED) is 0.669. The lowest BCUT2D eigenvalue weighted by atomic mass is 10.1. The Hall–Kier alpha value is -2.31. The molecule has 0 aliphatic carbocycles. The van der Waals surface area contributed by atoms with Crippen molar-refractivity contribution in [2.75, 3.05) is 32.8 Å². The zero-order valence-electron chi connectivity index (χ0n) is 12.9. The summed E-state index contributed by atoms with van der Waals surface area (Å²) in [6.45, 7) is 4.02. The molecule has 1 aliphatic heterocycles. The van der Waals surface area contributed by atoms with Crippen molar-refractivity contribution in [3.8, 4) is 0 Å². The maximum atomic E-state index is 11.8.